The minimum absolute atomic E-state index is 0.260. The molecule has 0 radical (unpaired) electrons. The Balaban J connectivity index is 4.64. The van der Waals surface area contributed by atoms with Gasteiger partial charge in [0.1, 0.15) is 0 Å². The molecular weight excluding hydrogens is 226 g/mol. The first kappa shape index (κ1) is 17.4. The molecule has 0 spiro atoms. The van der Waals surface area contributed by atoms with Gasteiger partial charge in [0.25, 0.3) is 0 Å². The van der Waals surface area contributed by atoms with E-state index < -0.39 is 5.54 Å². The van der Waals surface area contributed by atoms with Crippen LogP contribution in [-0.2, 0) is 4.79 Å². The molecular formula is C14H31N3O. The molecule has 18 heavy (non-hydrogen) atoms. The molecule has 4 heteroatoms. The number of carbonyl (C=O) groups is 1. The molecule has 0 aliphatic heterocycles. The summed E-state index contributed by atoms with van der Waals surface area (Å²) in [5, 5.41) is 3.23. The van der Waals surface area contributed by atoms with Crippen molar-refractivity contribution >= 4 is 5.91 Å². The predicted octanol–water partition coefficient (Wildman–Crippen LogP) is 1.74. The number of carbonyl (C=O) groups excluding carboxylic acids is 1. The first-order valence-electron chi connectivity index (χ1n) is 7.20. The minimum Gasteiger partial charge on any atom is -0.368 e. The molecule has 0 aliphatic carbocycles. The number of hydrogen-bond acceptors (Lipinski definition) is 3. The minimum atomic E-state index is -0.603. The number of primary amides is 1. The average Bonchev–Trinajstić information content (AvgIpc) is 2.28. The van der Waals surface area contributed by atoms with Crippen LogP contribution in [0, 0.1) is 0 Å². The molecule has 4 nitrogen and oxygen atoms in total. The summed E-state index contributed by atoms with van der Waals surface area (Å²) in [5.74, 6) is -0.260. The number of hydrogen-bond donors (Lipinski definition) is 2. The second kappa shape index (κ2) is 8.48. The normalized spacial score (nSPS) is 16.6. The van der Waals surface area contributed by atoms with Gasteiger partial charge in [0.05, 0.1) is 5.54 Å². The lowest BCUT2D eigenvalue weighted by atomic mass is 9.91. The van der Waals surface area contributed by atoms with Crippen LogP contribution in [0.3, 0.4) is 0 Å². The van der Waals surface area contributed by atoms with E-state index in [0.717, 1.165) is 38.9 Å². The Morgan fingerprint density at radius 2 is 1.78 bits per heavy atom. The molecule has 0 aromatic carbocycles. The van der Waals surface area contributed by atoms with Gasteiger partial charge in [0.2, 0.25) is 5.91 Å². The van der Waals surface area contributed by atoms with Crippen molar-refractivity contribution in [2.75, 3.05) is 19.6 Å². The molecule has 0 saturated heterocycles. The molecule has 0 fully saturated rings. The van der Waals surface area contributed by atoms with Gasteiger partial charge in [-0.05, 0) is 52.7 Å². The zero-order valence-corrected chi connectivity index (χ0v) is 12.8. The summed E-state index contributed by atoms with van der Waals surface area (Å²) in [4.78, 5) is 14.1. The largest absolute Gasteiger partial charge is 0.368 e. The van der Waals surface area contributed by atoms with Crippen LogP contribution >= 0.6 is 0 Å². The average molecular weight is 257 g/mol. The number of likely N-dealkylation sites (N-methyl/N-ethyl adjacent to an activating group) is 1. The monoisotopic (exact) mass is 257 g/mol. The highest BCUT2D eigenvalue weighted by atomic mass is 16.1. The van der Waals surface area contributed by atoms with Crippen molar-refractivity contribution < 1.29 is 4.79 Å². The number of rotatable bonds is 10. The summed E-state index contributed by atoms with van der Waals surface area (Å²) in [6.07, 6.45) is 3.04. The zero-order chi connectivity index (χ0) is 14.2. The van der Waals surface area contributed by atoms with Crippen molar-refractivity contribution in [3.8, 4) is 0 Å². The summed E-state index contributed by atoms with van der Waals surface area (Å²) >= 11 is 0. The number of nitrogens with one attached hydrogen (secondary N) is 1. The molecule has 2 atom stereocenters. The highest BCUT2D eigenvalue weighted by molar-refractivity contribution is 5.84. The SMILES string of the molecule is CCCN(CCC)C(C)CC(C)(NCC)C(N)=O. The number of nitrogens with two attached hydrogens (primary N) is 1. The highest BCUT2D eigenvalue weighted by Gasteiger charge is 2.33. The molecule has 1 amide bonds. The van der Waals surface area contributed by atoms with Gasteiger partial charge in [-0.15, -0.1) is 0 Å². The lowest BCUT2D eigenvalue weighted by Gasteiger charge is -2.35. The molecule has 0 heterocycles. The van der Waals surface area contributed by atoms with Crippen molar-refractivity contribution in [1.29, 1.82) is 0 Å². The van der Waals surface area contributed by atoms with Crippen molar-refractivity contribution in [3.05, 3.63) is 0 Å². The maximum atomic E-state index is 11.6. The van der Waals surface area contributed by atoms with Crippen LogP contribution in [0.2, 0.25) is 0 Å². The number of nitrogens with zero attached hydrogens (tertiary/aromatic N) is 1. The van der Waals surface area contributed by atoms with Crippen LogP contribution < -0.4 is 11.1 Å². The second-order valence-corrected chi connectivity index (χ2v) is 5.32. The number of amides is 1. The molecule has 0 saturated carbocycles. The molecule has 2 unspecified atom stereocenters. The Morgan fingerprint density at radius 1 is 1.28 bits per heavy atom. The van der Waals surface area contributed by atoms with E-state index in [0.29, 0.717) is 6.04 Å². The Labute approximate surface area is 112 Å². The van der Waals surface area contributed by atoms with E-state index in [2.05, 4.69) is 31.0 Å². The fourth-order valence-electron chi connectivity index (χ4n) is 2.50. The first-order chi connectivity index (χ1) is 8.41. The van der Waals surface area contributed by atoms with E-state index in [-0.39, 0.29) is 5.91 Å². The Morgan fingerprint density at radius 3 is 2.11 bits per heavy atom. The Kier molecular flexibility index (Phi) is 8.20. The smallest absolute Gasteiger partial charge is 0.237 e. The summed E-state index contributed by atoms with van der Waals surface area (Å²) in [6.45, 7) is 13.4. The third kappa shape index (κ3) is 5.36. The summed E-state index contributed by atoms with van der Waals surface area (Å²) in [6, 6.07) is 0.362. The van der Waals surface area contributed by atoms with Crippen LogP contribution in [0.4, 0.5) is 0 Å². The van der Waals surface area contributed by atoms with Crippen molar-refractivity contribution in [1.82, 2.24) is 10.2 Å². The molecule has 0 bridgehead atoms. The van der Waals surface area contributed by atoms with Crippen LogP contribution in [0.1, 0.15) is 53.9 Å². The third-order valence-electron chi connectivity index (χ3n) is 3.46. The van der Waals surface area contributed by atoms with E-state index in [9.17, 15) is 4.79 Å². The maximum Gasteiger partial charge on any atom is 0.237 e. The van der Waals surface area contributed by atoms with Crippen molar-refractivity contribution in [3.63, 3.8) is 0 Å². The fourth-order valence-corrected chi connectivity index (χ4v) is 2.50. The molecule has 0 rings (SSSR count). The lowest BCUT2D eigenvalue weighted by molar-refractivity contribution is -0.124. The van der Waals surface area contributed by atoms with Gasteiger partial charge in [-0.25, -0.2) is 0 Å². The molecule has 0 aliphatic rings. The van der Waals surface area contributed by atoms with Gasteiger partial charge in [-0.2, -0.15) is 0 Å². The first-order valence-corrected chi connectivity index (χ1v) is 7.20. The van der Waals surface area contributed by atoms with Gasteiger partial charge in [0.15, 0.2) is 0 Å². The Hall–Kier alpha value is -0.610. The fraction of sp³-hybridized carbons (Fsp3) is 0.929. The Bertz CT molecular complexity index is 239. The van der Waals surface area contributed by atoms with Crippen molar-refractivity contribution in [2.45, 2.75) is 65.5 Å². The van der Waals surface area contributed by atoms with Crippen LogP contribution in [0.15, 0.2) is 0 Å². The van der Waals surface area contributed by atoms with Gasteiger partial charge < -0.3 is 16.0 Å². The van der Waals surface area contributed by atoms with Crippen LogP contribution in [0.25, 0.3) is 0 Å². The molecule has 108 valence electrons. The molecule has 0 aromatic heterocycles. The lowest BCUT2D eigenvalue weighted by Crippen LogP contribution is -2.56. The van der Waals surface area contributed by atoms with Crippen molar-refractivity contribution in [2.24, 2.45) is 5.73 Å². The summed E-state index contributed by atoms with van der Waals surface area (Å²) < 4.78 is 0. The highest BCUT2D eigenvalue weighted by Crippen LogP contribution is 2.17. The summed E-state index contributed by atoms with van der Waals surface area (Å²) in [7, 11) is 0. The standard InChI is InChI=1S/C14H31N3O/c1-6-9-17(10-7-2)12(4)11-14(5,13(15)18)16-8-3/h12,16H,6-11H2,1-5H3,(H2,15,18). The molecule has 3 N–H and O–H groups in total. The van der Waals surface area contributed by atoms with Gasteiger partial charge in [-0.3, -0.25) is 4.79 Å². The van der Waals surface area contributed by atoms with E-state index in [1.54, 1.807) is 0 Å². The van der Waals surface area contributed by atoms with Gasteiger partial charge >= 0.3 is 0 Å². The second-order valence-electron chi connectivity index (χ2n) is 5.32. The van der Waals surface area contributed by atoms with Crippen LogP contribution in [0.5, 0.6) is 0 Å². The third-order valence-corrected chi connectivity index (χ3v) is 3.46. The van der Waals surface area contributed by atoms with E-state index in [1.807, 2.05) is 13.8 Å². The topological polar surface area (TPSA) is 58.4 Å². The quantitative estimate of drug-likeness (QED) is 0.627. The summed E-state index contributed by atoms with van der Waals surface area (Å²) in [5.41, 5.74) is 4.93. The zero-order valence-electron chi connectivity index (χ0n) is 12.8. The molecule has 0 aromatic rings. The predicted molar refractivity (Wildman–Crippen MR) is 77.5 cm³/mol. The van der Waals surface area contributed by atoms with Gasteiger partial charge in [0, 0.05) is 6.04 Å². The van der Waals surface area contributed by atoms with E-state index >= 15 is 0 Å². The van der Waals surface area contributed by atoms with Crippen LogP contribution in [-0.4, -0.2) is 42.0 Å². The van der Waals surface area contributed by atoms with E-state index in [4.69, 9.17) is 5.73 Å². The maximum absolute atomic E-state index is 11.6. The van der Waals surface area contributed by atoms with Gasteiger partial charge in [-0.1, -0.05) is 20.8 Å². The van der Waals surface area contributed by atoms with E-state index in [1.165, 1.54) is 0 Å².